The molecular weight excluding hydrogens is 347 g/mol. The van der Waals surface area contributed by atoms with Gasteiger partial charge in [-0.3, -0.25) is 14.5 Å². The molecule has 0 bridgehead atoms. The van der Waals surface area contributed by atoms with Crippen molar-refractivity contribution in [2.24, 2.45) is 0 Å². The molecule has 0 aliphatic rings. The Morgan fingerprint density at radius 2 is 2.17 bits per heavy atom. The molecule has 0 aliphatic heterocycles. The summed E-state index contributed by atoms with van der Waals surface area (Å²) < 4.78 is 15.0. The summed E-state index contributed by atoms with van der Waals surface area (Å²) in [4.78, 5) is 13.3. The van der Waals surface area contributed by atoms with E-state index < -0.39 is 0 Å². The molecule has 124 valence electrons. The minimum absolute atomic E-state index is 0.0636. The van der Waals surface area contributed by atoms with Crippen LogP contribution in [0.2, 0.25) is 0 Å². The quantitative estimate of drug-likeness (QED) is 0.681. The Hall–Kier alpha value is -2.32. The molecule has 2 heterocycles. The van der Waals surface area contributed by atoms with Gasteiger partial charge in [-0.25, -0.2) is 4.39 Å². The minimum Gasteiger partial charge on any atom is -0.348 e. The summed E-state index contributed by atoms with van der Waals surface area (Å²) in [7, 11) is 0. The van der Waals surface area contributed by atoms with Crippen molar-refractivity contribution >= 4 is 29.5 Å². The molecule has 2 N–H and O–H groups in total. The van der Waals surface area contributed by atoms with Crippen LogP contribution < -0.4 is 5.32 Å². The topological polar surface area (TPSA) is 62.7 Å². The molecule has 8 heteroatoms. The second-order valence-corrected chi connectivity index (χ2v) is 6.59. The maximum absolute atomic E-state index is 13.0. The zero-order valence-corrected chi connectivity index (χ0v) is 14.5. The molecule has 1 amide bonds. The molecule has 3 rings (SSSR count). The number of halogens is 1. The Morgan fingerprint density at radius 3 is 2.83 bits per heavy atom. The first-order chi connectivity index (χ1) is 11.5. The Balaban J connectivity index is 1.73. The van der Waals surface area contributed by atoms with Gasteiger partial charge in [0.25, 0.3) is 0 Å². The summed E-state index contributed by atoms with van der Waals surface area (Å²) in [6.07, 6.45) is 0. The van der Waals surface area contributed by atoms with E-state index in [1.807, 2.05) is 24.4 Å². The van der Waals surface area contributed by atoms with Crippen molar-refractivity contribution in [3.8, 4) is 10.7 Å². The standard InChI is InChI=1S/C16H15FN4OS2/c1-10(11-4-6-12(17)7-5-11)18-14(22)9-21-15(19-20-16(21)23)13-3-2-8-24-13/h2-8,10H,9H2,1H3,(H,18,22)(H,20,23). The van der Waals surface area contributed by atoms with E-state index in [1.54, 1.807) is 16.7 Å². The van der Waals surface area contributed by atoms with Gasteiger partial charge in [0.2, 0.25) is 5.91 Å². The third kappa shape index (κ3) is 3.60. The van der Waals surface area contributed by atoms with Crippen LogP contribution in [0.3, 0.4) is 0 Å². The van der Waals surface area contributed by atoms with Crippen LogP contribution >= 0.6 is 23.6 Å². The van der Waals surface area contributed by atoms with Crippen molar-refractivity contribution in [3.05, 3.63) is 57.9 Å². The number of benzene rings is 1. The molecule has 2 aromatic heterocycles. The maximum atomic E-state index is 13.0. The van der Waals surface area contributed by atoms with Crippen LogP contribution in [0.1, 0.15) is 18.5 Å². The monoisotopic (exact) mass is 362 g/mol. The lowest BCUT2D eigenvalue weighted by Crippen LogP contribution is -2.30. The number of aromatic amines is 1. The maximum Gasteiger partial charge on any atom is 0.240 e. The Bertz CT molecular complexity index is 884. The van der Waals surface area contributed by atoms with Crippen LogP contribution in [0.5, 0.6) is 0 Å². The van der Waals surface area contributed by atoms with E-state index in [0.717, 1.165) is 10.4 Å². The third-order valence-corrected chi connectivity index (χ3v) is 4.73. The average molecular weight is 362 g/mol. The van der Waals surface area contributed by atoms with Crippen LogP contribution in [-0.2, 0) is 11.3 Å². The lowest BCUT2D eigenvalue weighted by molar-refractivity contribution is -0.122. The van der Waals surface area contributed by atoms with Crippen molar-refractivity contribution in [1.29, 1.82) is 0 Å². The molecule has 0 saturated carbocycles. The number of carbonyl (C=O) groups excluding carboxylic acids is 1. The van der Waals surface area contributed by atoms with Crippen molar-refractivity contribution < 1.29 is 9.18 Å². The van der Waals surface area contributed by atoms with Gasteiger partial charge in [0.05, 0.1) is 10.9 Å². The van der Waals surface area contributed by atoms with Gasteiger partial charge in [0, 0.05) is 0 Å². The van der Waals surface area contributed by atoms with E-state index >= 15 is 0 Å². The highest BCUT2D eigenvalue weighted by Gasteiger charge is 2.15. The zero-order chi connectivity index (χ0) is 17.1. The highest BCUT2D eigenvalue weighted by atomic mass is 32.1. The Kier molecular flexibility index (Phi) is 4.86. The first-order valence-corrected chi connectivity index (χ1v) is 8.57. The number of amides is 1. The smallest absolute Gasteiger partial charge is 0.240 e. The van der Waals surface area contributed by atoms with E-state index in [1.165, 1.54) is 23.5 Å². The Morgan fingerprint density at radius 1 is 1.42 bits per heavy atom. The number of hydrogen-bond acceptors (Lipinski definition) is 4. The number of nitrogens with one attached hydrogen (secondary N) is 2. The van der Waals surface area contributed by atoms with E-state index in [9.17, 15) is 9.18 Å². The molecule has 3 aromatic rings. The summed E-state index contributed by atoms with van der Waals surface area (Å²) in [5, 5.41) is 11.7. The fourth-order valence-corrected chi connectivity index (χ4v) is 3.24. The number of rotatable bonds is 5. The molecule has 24 heavy (non-hydrogen) atoms. The lowest BCUT2D eigenvalue weighted by Gasteiger charge is -2.15. The molecule has 1 atom stereocenters. The van der Waals surface area contributed by atoms with Crippen molar-refractivity contribution in [1.82, 2.24) is 20.1 Å². The summed E-state index contributed by atoms with van der Waals surface area (Å²) in [5.74, 6) is 0.143. The summed E-state index contributed by atoms with van der Waals surface area (Å²) in [5.41, 5.74) is 0.832. The van der Waals surface area contributed by atoms with Crippen LogP contribution in [0.15, 0.2) is 41.8 Å². The van der Waals surface area contributed by atoms with E-state index in [2.05, 4.69) is 15.5 Å². The number of aromatic nitrogens is 3. The van der Waals surface area contributed by atoms with Gasteiger partial charge in [-0.05, 0) is 48.3 Å². The van der Waals surface area contributed by atoms with E-state index in [-0.39, 0.29) is 24.3 Å². The van der Waals surface area contributed by atoms with Crippen LogP contribution in [0.4, 0.5) is 4.39 Å². The molecule has 0 spiro atoms. The van der Waals surface area contributed by atoms with Crippen LogP contribution in [0, 0.1) is 10.6 Å². The molecule has 1 aromatic carbocycles. The highest BCUT2D eigenvalue weighted by molar-refractivity contribution is 7.71. The second-order valence-electron chi connectivity index (χ2n) is 5.26. The number of nitrogens with zero attached hydrogens (tertiary/aromatic N) is 2. The summed E-state index contributed by atoms with van der Waals surface area (Å²) >= 11 is 6.74. The van der Waals surface area contributed by atoms with Crippen LogP contribution in [-0.4, -0.2) is 20.7 Å². The number of thiophene rings is 1. The Labute approximate surface area is 147 Å². The predicted molar refractivity (Wildman–Crippen MR) is 93.7 cm³/mol. The van der Waals surface area contributed by atoms with Gasteiger partial charge in [0.15, 0.2) is 10.6 Å². The first kappa shape index (κ1) is 16.5. The SMILES string of the molecule is CC(NC(=O)Cn1c(-c2cccs2)n[nH]c1=S)c1ccc(F)cc1. The molecule has 0 fully saturated rings. The molecule has 0 saturated heterocycles. The number of H-pyrrole nitrogens is 1. The molecule has 0 aliphatic carbocycles. The molecular formula is C16H15FN4OS2. The fraction of sp³-hybridized carbons (Fsp3) is 0.188. The van der Waals surface area contributed by atoms with Crippen molar-refractivity contribution in [3.63, 3.8) is 0 Å². The second kappa shape index (κ2) is 7.06. The lowest BCUT2D eigenvalue weighted by atomic mass is 10.1. The molecule has 0 radical (unpaired) electrons. The van der Waals surface area contributed by atoms with E-state index in [4.69, 9.17) is 12.2 Å². The van der Waals surface area contributed by atoms with Gasteiger partial charge in [-0.15, -0.1) is 11.3 Å². The van der Waals surface area contributed by atoms with Gasteiger partial charge in [-0.2, -0.15) is 5.10 Å². The van der Waals surface area contributed by atoms with Crippen molar-refractivity contribution in [2.75, 3.05) is 0 Å². The molecule has 5 nitrogen and oxygen atoms in total. The largest absolute Gasteiger partial charge is 0.348 e. The normalized spacial score (nSPS) is 12.1. The summed E-state index contributed by atoms with van der Waals surface area (Å²) in [6, 6.07) is 9.66. The minimum atomic E-state index is -0.303. The van der Waals surface area contributed by atoms with Gasteiger partial charge in [0.1, 0.15) is 12.4 Å². The zero-order valence-electron chi connectivity index (χ0n) is 12.8. The third-order valence-electron chi connectivity index (χ3n) is 3.55. The van der Waals surface area contributed by atoms with E-state index in [0.29, 0.717) is 10.6 Å². The summed E-state index contributed by atoms with van der Waals surface area (Å²) in [6.45, 7) is 1.91. The predicted octanol–water partition coefficient (Wildman–Crippen LogP) is 3.69. The average Bonchev–Trinajstić information content (AvgIpc) is 3.19. The van der Waals surface area contributed by atoms with Gasteiger partial charge >= 0.3 is 0 Å². The van der Waals surface area contributed by atoms with Gasteiger partial charge < -0.3 is 5.32 Å². The molecule has 1 unspecified atom stereocenters. The first-order valence-electron chi connectivity index (χ1n) is 7.28. The number of hydrogen-bond donors (Lipinski definition) is 2. The van der Waals surface area contributed by atoms with Gasteiger partial charge in [-0.1, -0.05) is 18.2 Å². The van der Waals surface area contributed by atoms with Crippen LogP contribution in [0.25, 0.3) is 10.7 Å². The van der Waals surface area contributed by atoms with Crippen molar-refractivity contribution in [2.45, 2.75) is 19.5 Å². The highest BCUT2D eigenvalue weighted by Crippen LogP contribution is 2.22. The fourth-order valence-electron chi connectivity index (χ4n) is 2.32. The number of carbonyl (C=O) groups is 1.